The minimum absolute atomic E-state index is 0.267. The molecular weight excluding hydrogens is 188 g/mol. The topological polar surface area (TPSA) is 63.8 Å². The molecule has 0 bridgehead atoms. The van der Waals surface area contributed by atoms with Gasteiger partial charge in [0.25, 0.3) is 0 Å². The fourth-order valence-corrected chi connectivity index (χ4v) is 1.07. The van der Waals surface area contributed by atoms with Gasteiger partial charge in [-0.15, -0.1) is 0 Å². The number of unbranched alkanes of at least 4 members (excludes halogenated alkanes) is 1. The molecule has 0 aliphatic carbocycles. The van der Waals surface area contributed by atoms with Crippen molar-refractivity contribution >= 4 is 17.4 Å². The second kappa shape index (κ2) is 5.72. The molecule has 5 heteroatoms. The lowest BCUT2D eigenvalue weighted by Crippen LogP contribution is -2.06. The molecule has 0 unspecified atom stereocenters. The Morgan fingerprint density at radius 1 is 1.46 bits per heavy atom. The monoisotopic (exact) mass is 200 g/mol. The summed E-state index contributed by atoms with van der Waals surface area (Å²) in [7, 11) is 0. The van der Waals surface area contributed by atoms with Crippen molar-refractivity contribution in [3.63, 3.8) is 0 Å². The highest BCUT2D eigenvalue weighted by atomic mass is 35.5. The van der Waals surface area contributed by atoms with Gasteiger partial charge in [-0.2, -0.15) is 0 Å². The van der Waals surface area contributed by atoms with Gasteiger partial charge in [-0.25, -0.2) is 9.97 Å². The average molecular weight is 201 g/mol. The average Bonchev–Trinajstić information content (AvgIpc) is 2.13. The zero-order chi connectivity index (χ0) is 9.52. The summed E-state index contributed by atoms with van der Waals surface area (Å²) in [6, 6.07) is 1.79. The predicted molar refractivity (Wildman–Crippen MR) is 53.8 cm³/mol. The van der Waals surface area contributed by atoms with Gasteiger partial charge in [-0.1, -0.05) is 0 Å². The summed E-state index contributed by atoms with van der Waals surface area (Å²) in [5.41, 5.74) is 5.36. The molecule has 0 fully saturated rings. The van der Waals surface area contributed by atoms with E-state index in [2.05, 4.69) is 15.3 Å². The first-order valence-electron chi connectivity index (χ1n) is 4.25. The molecule has 13 heavy (non-hydrogen) atoms. The van der Waals surface area contributed by atoms with Gasteiger partial charge in [0.05, 0.1) is 0 Å². The molecule has 0 aliphatic rings. The van der Waals surface area contributed by atoms with Crippen LogP contribution in [0, 0.1) is 0 Å². The maximum Gasteiger partial charge on any atom is 0.224 e. The second-order valence-electron chi connectivity index (χ2n) is 2.63. The van der Waals surface area contributed by atoms with Crippen molar-refractivity contribution in [3.05, 3.63) is 17.5 Å². The van der Waals surface area contributed by atoms with Gasteiger partial charge in [0, 0.05) is 12.7 Å². The van der Waals surface area contributed by atoms with Crippen molar-refractivity contribution in [2.45, 2.75) is 12.8 Å². The van der Waals surface area contributed by atoms with Crippen LogP contribution in [0.15, 0.2) is 12.3 Å². The third-order valence-electron chi connectivity index (χ3n) is 1.56. The summed E-state index contributed by atoms with van der Waals surface area (Å²) in [4.78, 5) is 7.76. The van der Waals surface area contributed by atoms with Crippen LogP contribution in [-0.4, -0.2) is 23.1 Å². The maximum atomic E-state index is 5.60. The van der Waals surface area contributed by atoms with Crippen LogP contribution >= 0.6 is 11.6 Å². The van der Waals surface area contributed by atoms with E-state index in [4.69, 9.17) is 17.3 Å². The number of anilines is 1. The van der Waals surface area contributed by atoms with Crippen LogP contribution in [-0.2, 0) is 0 Å². The van der Waals surface area contributed by atoms with Crippen LogP contribution in [0.5, 0.6) is 0 Å². The molecular formula is C8H13ClN4. The molecule has 0 amide bonds. The predicted octanol–water partition coefficient (Wildman–Crippen LogP) is 1.28. The van der Waals surface area contributed by atoms with E-state index < -0.39 is 0 Å². The lowest BCUT2D eigenvalue weighted by atomic mass is 10.3. The number of aromatic nitrogens is 2. The third kappa shape index (κ3) is 4.05. The lowest BCUT2D eigenvalue weighted by molar-refractivity contribution is 0.772. The quantitative estimate of drug-likeness (QED) is 0.555. The number of nitrogens with one attached hydrogen (secondary N) is 1. The van der Waals surface area contributed by atoms with Crippen LogP contribution in [0.1, 0.15) is 12.8 Å². The van der Waals surface area contributed by atoms with Gasteiger partial charge in [0.1, 0.15) is 5.82 Å². The van der Waals surface area contributed by atoms with Crippen molar-refractivity contribution in [2.24, 2.45) is 5.73 Å². The van der Waals surface area contributed by atoms with Crippen LogP contribution in [0.3, 0.4) is 0 Å². The van der Waals surface area contributed by atoms with Crippen LogP contribution in [0.4, 0.5) is 5.82 Å². The van der Waals surface area contributed by atoms with E-state index in [0.717, 1.165) is 31.7 Å². The Morgan fingerprint density at radius 3 is 3.00 bits per heavy atom. The smallest absolute Gasteiger partial charge is 0.224 e. The molecule has 1 rings (SSSR count). The summed E-state index contributed by atoms with van der Waals surface area (Å²) >= 11 is 5.60. The Bertz CT molecular complexity index is 254. The summed E-state index contributed by atoms with van der Waals surface area (Å²) < 4.78 is 0. The molecule has 3 N–H and O–H groups in total. The van der Waals surface area contributed by atoms with Crippen molar-refractivity contribution in [1.82, 2.24) is 9.97 Å². The Hall–Kier alpha value is -0.870. The minimum Gasteiger partial charge on any atom is -0.370 e. The summed E-state index contributed by atoms with van der Waals surface area (Å²) in [5, 5.41) is 3.40. The van der Waals surface area contributed by atoms with Gasteiger partial charge in [-0.3, -0.25) is 0 Å². The minimum atomic E-state index is 0.267. The van der Waals surface area contributed by atoms with E-state index in [1.165, 1.54) is 0 Å². The molecule has 1 heterocycles. The highest BCUT2D eigenvalue weighted by molar-refractivity contribution is 6.28. The van der Waals surface area contributed by atoms with Crippen molar-refractivity contribution < 1.29 is 0 Å². The second-order valence-corrected chi connectivity index (χ2v) is 2.97. The third-order valence-corrected chi connectivity index (χ3v) is 1.75. The number of halogens is 1. The van der Waals surface area contributed by atoms with Gasteiger partial charge >= 0.3 is 0 Å². The normalized spacial score (nSPS) is 10.0. The van der Waals surface area contributed by atoms with Crippen LogP contribution in [0.2, 0.25) is 5.28 Å². The van der Waals surface area contributed by atoms with Crippen molar-refractivity contribution in [1.29, 1.82) is 0 Å². The van der Waals surface area contributed by atoms with Crippen molar-refractivity contribution in [2.75, 3.05) is 18.4 Å². The van der Waals surface area contributed by atoms with E-state index >= 15 is 0 Å². The Labute approximate surface area is 82.5 Å². The highest BCUT2D eigenvalue weighted by Crippen LogP contribution is 2.05. The molecule has 0 atom stereocenters. The molecule has 0 aromatic carbocycles. The van der Waals surface area contributed by atoms with Crippen molar-refractivity contribution in [3.8, 4) is 0 Å². The molecule has 1 aromatic heterocycles. The Kier molecular flexibility index (Phi) is 4.49. The lowest BCUT2D eigenvalue weighted by Gasteiger charge is -2.03. The molecule has 4 nitrogen and oxygen atoms in total. The highest BCUT2D eigenvalue weighted by Gasteiger charge is 1.94. The van der Waals surface area contributed by atoms with Gasteiger partial charge in [0.2, 0.25) is 5.28 Å². The van der Waals surface area contributed by atoms with E-state index in [1.807, 2.05) is 0 Å². The SMILES string of the molecule is NCCCCNc1ccnc(Cl)n1. The van der Waals surface area contributed by atoms with Gasteiger partial charge in [-0.05, 0) is 37.1 Å². The van der Waals surface area contributed by atoms with E-state index in [1.54, 1.807) is 12.3 Å². The molecule has 0 saturated carbocycles. The molecule has 0 radical (unpaired) electrons. The standard InChI is InChI=1S/C8H13ClN4/c9-8-12-6-3-7(13-8)11-5-2-1-4-10/h3,6H,1-2,4-5,10H2,(H,11,12,13). The molecule has 0 saturated heterocycles. The van der Waals surface area contributed by atoms with Gasteiger partial charge < -0.3 is 11.1 Å². The van der Waals surface area contributed by atoms with Crippen LogP contribution in [0.25, 0.3) is 0 Å². The summed E-state index contributed by atoms with van der Waals surface area (Å²) in [6.07, 6.45) is 3.69. The van der Waals surface area contributed by atoms with E-state index in [9.17, 15) is 0 Å². The first kappa shape index (κ1) is 10.2. The number of nitrogens with two attached hydrogens (primary N) is 1. The summed E-state index contributed by atoms with van der Waals surface area (Å²) in [5.74, 6) is 0.761. The fourth-order valence-electron chi connectivity index (χ4n) is 0.919. The maximum absolute atomic E-state index is 5.60. The first-order valence-corrected chi connectivity index (χ1v) is 4.63. The fraction of sp³-hybridized carbons (Fsp3) is 0.500. The van der Waals surface area contributed by atoms with Crippen LogP contribution < -0.4 is 11.1 Å². The number of rotatable bonds is 5. The summed E-state index contributed by atoms with van der Waals surface area (Å²) in [6.45, 7) is 1.59. The molecule has 1 aromatic rings. The Balaban J connectivity index is 2.28. The zero-order valence-electron chi connectivity index (χ0n) is 7.33. The first-order chi connectivity index (χ1) is 6.33. The van der Waals surface area contributed by atoms with E-state index in [0.29, 0.717) is 0 Å². The molecule has 0 aliphatic heterocycles. The molecule has 0 spiro atoms. The van der Waals surface area contributed by atoms with E-state index in [-0.39, 0.29) is 5.28 Å². The zero-order valence-corrected chi connectivity index (χ0v) is 8.09. The Morgan fingerprint density at radius 2 is 2.31 bits per heavy atom. The van der Waals surface area contributed by atoms with Gasteiger partial charge in [0.15, 0.2) is 0 Å². The number of hydrogen-bond donors (Lipinski definition) is 2. The number of nitrogens with zero attached hydrogens (tertiary/aromatic N) is 2. The number of hydrogen-bond acceptors (Lipinski definition) is 4. The largest absolute Gasteiger partial charge is 0.370 e. The molecule has 72 valence electrons.